The van der Waals surface area contributed by atoms with E-state index < -0.39 is 0 Å². The molecule has 116 valence electrons. The summed E-state index contributed by atoms with van der Waals surface area (Å²) in [6, 6.07) is 8.36. The molecule has 1 aliphatic rings. The Kier molecular flexibility index (Phi) is 6.05. The van der Waals surface area contributed by atoms with Crippen molar-refractivity contribution < 1.29 is 9.53 Å². The number of esters is 1. The summed E-state index contributed by atoms with van der Waals surface area (Å²) in [5.41, 5.74) is 7.60. The molecule has 0 bridgehead atoms. The van der Waals surface area contributed by atoms with Crippen molar-refractivity contribution in [3.05, 3.63) is 33.4 Å². The quantitative estimate of drug-likeness (QED) is 0.595. The molecule has 1 unspecified atom stereocenters. The minimum atomic E-state index is -0.105. The Morgan fingerprint density at radius 2 is 1.90 bits per heavy atom. The summed E-state index contributed by atoms with van der Waals surface area (Å²) in [5.74, 6) is -0.105. The van der Waals surface area contributed by atoms with E-state index in [1.807, 2.05) is 0 Å². The van der Waals surface area contributed by atoms with Crippen LogP contribution in [0.3, 0.4) is 0 Å². The maximum atomic E-state index is 11.8. The Morgan fingerprint density at radius 3 is 2.48 bits per heavy atom. The number of methoxy groups -OCH3 is 1. The molecule has 4 heteroatoms. The third-order valence-corrected chi connectivity index (χ3v) is 5.33. The highest BCUT2D eigenvalue weighted by Gasteiger charge is 2.36. The fourth-order valence-electron chi connectivity index (χ4n) is 3.43. The molecular weight excluding hydrogens is 377 g/mol. The minimum Gasteiger partial charge on any atom is -0.469 e. The van der Waals surface area contributed by atoms with Gasteiger partial charge in [0.05, 0.1) is 13.5 Å². The summed E-state index contributed by atoms with van der Waals surface area (Å²) in [4.78, 5) is 11.8. The topological polar surface area (TPSA) is 52.3 Å². The summed E-state index contributed by atoms with van der Waals surface area (Å²) in [6.45, 7) is 0. The van der Waals surface area contributed by atoms with Crippen LogP contribution in [0, 0.1) is 8.99 Å². The average molecular weight is 401 g/mol. The molecule has 0 saturated heterocycles. The van der Waals surface area contributed by atoms with Crippen molar-refractivity contribution in [1.82, 2.24) is 0 Å². The fraction of sp³-hybridized carbons (Fsp3) is 0.588. The fourth-order valence-corrected chi connectivity index (χ4v) is 3.79. The predicted octanol–water partition coefficient (Wildman–Crippen LogP) is 4.19. The van der Waals surface area contributed by atoms with Crippen molar-refractivity contribution in [1.29, 1.82) is 0 Å². The molecular formula is C17H24INO2. The Labute approximate surface area is 140 Å². The molecule has 1 aromatic carbocycles. The lowest BCUT2D eigenvalue weighted by atomic mass is 9.67. The number of benzene rings is 1. The molecule has 1 aromatic rings. The minimum absolute atomic E-state index is 0.00949. The first-order chi connectivity index (χ1) is 10.0. The van der Waals surface area contributed by atoms with Crippen molar-refractivity contribution in [2.75, 3.05) is 7.11 Å². The van der Waals surface area contributed by atoms with Gasteiger partial charge in [0.1, 0.15) is 0 Å². The molecule has 1 fully saturated rings. The normalized spacial score (nSPS) is 19.0. The zero-order valence-corrected chi connectivity index (χ0v) is 14.8. The van der Waals surface area contributed by atoms with Gasteiger partial charge in [0, 0.05) is 9.61 Å². The summed E-state index contributed by atoms with van der Waals surface area (Å²) in [5, 5.41) is 0. The van der Waals surface area contributed by atoms with Crippen LogP contribution >= 0.6 is 22.6 Å². The van der Waals surface area contributed by atoms with E-state index in [-0.39, 0.29) is 17.4 Å². The van der Waals surface area contributed by atoms with Crippen LogP contribution in [0.15, 0.2) is 24.3 Å². The maximum absolute atomic E-state index is 11.8. The molecule has 0 heterocycles. The van der Waals surface area contributed by atoms with Crippen LogP contribution < -0.4 is 5.73 Å². The van der Waals surface area contributed by atoms with Crippen LogP contribution in [0.1, 0.15) is 56.6 Å². The Morgan fingerprint density at radius 1 is 1.29 bits per heavy atom. The lowest BCUT2D eigenvalue weighted by Gasteiger charge is -2.38. The number of hydrogen-bond donors (Lipinski definition) is 1. The van der Waals surface area contributed by atoms with Crippen LogP contribution in [0.25, 0.3) is 0 Å². The molecule has 1 atom stereocenters. The summed E-state index contributed by atoms with van der Waals surface area (Å²) < 4.78 is 6.11. The number of rotatable bonds is 5. The smallest absolute Gasteiger partial charge is 0.306 e. The first-order valence-corrected chi connectivity index (χ1v) is 8.70. The van der Waals surface area contributed by atoms with Crippen LogP contribution in [-0.2, 0) is 9.53 Å². The zero-order chi connectivity index (χ0) is 15.3. The lowest BCUT2D eigenvalue weighted by Crippen LogP contribution is -2.32. The van der Waals surface area contributed by atoms with Crippen molar-refractivity contribution >= 4 is 28.6 Å². The summed E-state index contributed by atoms with van der Waals surface area (Å²) in [7, 11) is 1.47. The van der Waals surface area contributed by atoms with Gasteiger partial charge in [-0.15, -0.1) is 0 Å². The molecule has 0 amide bonds. The number of ether oxygens (including phenoxy) is 1. The number of nitrogens with two attached hydrogens (primary N) is 1. The second-order valence-corrected chi connectivity index (χ2v) is 7.42. The van der Waals surface area contributed by atoms with Crippen molar-refractivity contribution in [2.45, 2.75) is 51.0 Å². The summed E-state index contributed by atoms with van der Waals surface area (Å²) in [6.07, 6.45) is 7.18. The van der Waals surface area contributed by atoms with Gasteiger partial charge in [-0.2, -0.15) is 0 Å². The molecule has 21 heavy (non-hydrogen) atoms. The molecule has 2 N–H and O–H groups in total. The Balaban J connectivity index is 2.10. The Hall–Kier alpha value is -0.620. The van der Waals surface area contributed by atoms with Gasteiger partial charge in [-0.25, -0.2) is 0 Å². The van der Waals surface area contributed by atoms with Gasteiger partial charge < -0.3 is 10.5 Å². The van der Waals surface area contributed by atoms with Crippen LogP contribution in [0.2, 0.25) is 0 Å². The van der Waals surface area contributed by atoms with E-state index >= 15 is 0 Å². The van der Waals surface area contributed by atoms with Crippen molar-refractivity contribution in [2.24, 2.45) is 11.1 Å². The lowest BCUT2D eigenvalue weighted by molar-refractivity contribution is -0.144. The van der Waals surface area contributed by atoms with E-state index in [1.54, 1.807) is 0 Å². The number of halogens is 1. The summed E-state index contributed by atoms with van der Waals surface area (Å²) >= 11 is 2.30. The molecule has 1 saturated carbocycles. The second-order valence-electron chi connectivity index (χ2n) is 6.18. The molecule has 0 radical (unpaired) electrons. The molecule has 0 aliphatic heterocycles. The van der Waals surface area contributed by atoms with Gasteiger partial charge in [0.15, 0.2) is 0 Å². The van der Waals surface area contributed by atoms with Gasteiger partial charge in [-0.05, 0) is 65.0 Å². The molecule has 2 rings (SSSR count). The average Bonchev–Trinajstić information content (AvgIpc) is 2.48. The molecule has 0 spiro atoms. The van der Waals surface area contributed by atoms with Crippen LogP contribution in [-0.4, -0.2) is 13.1 Å². The highest BCUT2D eigenvalue weighted by Crippen LogP contribution is 2.45. The van der Waals surface area contributed by atoms with E-state index in [0.717, 1.165) is 24.8 Å². The third-order valence-electron chi connectivity index (χ3n) is 4.61. The van der Waals surface area contributed by atoms with E-state index in [2.05, 4.69) is 46.9 Å². The van der Waals surface area contributed by atoms with Crippen molar-refractivity contribution in [3.8, 4) is 0 Å². The number of carbonyl (C=O) groups is 1. The van der Waals surface area contributed by atoms with E-state index in [9.17, 15) is 4.79 Å². The highest BCUT2D eigenvalue weighted by molar-refractivity contribution is 14.1. The first-order valence-electron chi connectivity index (χ1n) is 7.62. The Bertz CT molecular complexity index is 466. The standard InChI is InChI=1S/C17H24INO2/c1-21-16(20)12-17(9-3-2-4-10-17)11-15(19)13-5-7-14(18)8-6-13/h5-8,15H,2-4,9-12,19H2,1H3. The monoisotopic (exact) mass is 401 g/mol. The maximum Gasteiger partial charge on any atom is 0.306 e. The first kappa shape index (κ1) is 16.7. The van der Waals surface area contributed by atoms with Crippen molar-refractivity contribution in [3.63, 3.8) is 0 Å². The van der Waals surface area contributed by atoms with Gasteiger partial charge in [-0.1, -0.05) is 31.4 Å². The van der Waals surface area contributed by atoms with Gasteiger partial charge in [0.2, 0.25) is 0 Å². The predicted molar refractivity (Wildman–Crippen MR) is 92.9 cm³/mol. The van der Waals surface area contributed by atoms with E-state index in [0.29, 0.717) is 6.42 Å². The largest absolute Gasteiger partial charge is 0.469 e. The number of carbonyl (C=O) groups excluding carboxylic acids is 1. The number of hydrogen-bond acceptors (Lipinski definition) is 3. The SMILES string of the molecule is COC(=O)CC1(CC(N)c2ccc(I)cc2)CCCCC1. The van der Waals surface area contributed by atoms with Gasteiger partial charge in [0.25, 0.3) is 0 Å². The van der Waals surface area contributed by atoms with Crippen LogP contribution in [0.4, 0.5) is 0 Å². The van der Waals surface area contributed by atoms with Crippen LogP contribution in [0.5, 0.6) is 0 Å². The van der Waals surface area contributed by atoms with E-state index in [4.69, 9.17) is 10.5 Å². The van der Waals surface area contributed by atoms with Gasteiger partial charge >= 0.3 is 5.97 Å². The zero-order valence-electron chi connectivity index (χ0n) is 12.6. The molecule has 0 aromatic heterocycles. The second kappa shape index (κ2) is 7.58. The molecule has 3 nitrogen and oxygen atoms in total. The van der Waals surface area contributed by atoms with E-state index in [1.165, 1.54) is 29.9 Å². The third kappa shape index (κ3) is 4.68. The molecule has 1 aliphatic carbocycles. The van der Waals surface area contributed by atoms with Gasteiger partial charge in [-0.3, -0.25) is 4.79 Å². The highest BCUT2D eigenvalue weighted by atomic mass is 127.